The van der Waals surface area contributed by atoms with Gasteiger partial charge in [0.1, 0.15) is 11.6 Å². The highest BCUT2D eigenvalue weighted by Crippen LogP contribution is 2.25. The van der Waals surface area contributed by atoms with E-state index in [-0.39, 0.29) is 17.7 Å². The second-order valence-electron chi connectivity index (χ2n) is 4.49. The molecule has 1 nitrogen and oxygen atoms in total. The Hall–Kier alpha value is -0.970. The van der Waals surface area contributed by atoms with Gasteiger partial charge in [0.25, 0.3) is 0 Å². The summed E-state index contributed by atoms with van der Waals surface area (Å²) < 4.78 is 28.0. The Morgan fingerprint density at radius 2 is 1.95 bits per heavy atom. The second-order valence-corrected chi connectivity index (χ2v) is 5.84. The van der Waals surface area contributed by atoms with Gasteiger partial charge < -0.3 is 5.32 Å². The number of likely N-dealkylation sites (N-methyl/N-ethyl adjacent to an activating group) is 1. The second kappa shape index (κ2) is 6.66. The van der Waals surface area contributed by atoms with Crippen LogP contribution in [0, 0.1) is 11.6 Å². The minimum atomic E-state index is -0.368. The van der Waals surface area contributed by atoms with Gasteiger partial charge in [0, 0.05) is 21.1 Å². The standard InChI is InChI=1S/C15H13BrClF2N/c1-20-15(13-3-2-11(17)8-14(13)19)6-9-4-10(16)7-12(18)5-9/h2-5,7-8,15,20H,6H2,1H3. The average Bonchev–Trinajstić information content (AvgIpc) is 2.35. The Balaban J connectivity index is 2.28. The van der Waals surface area contributed by atoms with Crippen LogP contribution < -0.4 is 5.32 Å². The summed E-state index contributed by atoms with van der Waals surface area (Å²) in [7, 11) is 1.74. The molecule has 0 radical (unpaired) electrons. The van der Waals surface area contributed by atoms with Gasteiger partial charge in [-0.05, 0) is 49.4 Å². The molecule has 0 aliphatic carbocycles. The molecule has 0 heterocycles. The van der Waals surface area contributed by atoms with E-state index < -0.39 is 0 Å². The molecule has 20 heavy (non-hydrogen) atoms. The number of nitrogens with one attached hydrogen (secondary N) is 1. The van der Waals surface area contributed by atoms with Gasteiger partial charge in [-0.15, -0.1) is 0 Å². The molecule has 106 valence electrons. The maximum Gasteiger partial charge on any atom is 0.129 e. The van der Waals surface area contributed by atoms with Crippen LogP contribution in [-0.4, -0.2) is 7.05 Å². The van der Waals surface area contributed by atoms with Gasteiger partial charge in [-0.1, -0.05) is 33.6 Å². The van der Waals surface area contributed by atoms with Crippen molar-refractivity contribution < 1.29 is 8.78 Å². The average molecular weight is 361 g/mol. The smallest absolute Gasteiger partial charge is 0.129 e. The van der Waals surface area contributed by atoms with Crippen molar-refractivity contribution in [1.29, 1.82) is 0 Å². The predicted molar refractivity (Wildman–Crippen MR) is 81.0 cm³/mol. The monoisotopic (exact) mass is 359 g/mol. The van der Waals surface area contributed by atoms with E-state index in [2.05, 4.69) is 21.2 Å². The van der Waals surface area contributed by atoms with Crippen LogP contribution in [-0.2, 0) is 6.42 Å². The van der Waals surface area contributed by atoms with Crippen LogP contribution in [0.25, 0.3) is 0 Å². The summed E-state index contributed by atoms with van der Waals surface area (Å²) in [6, 6.07) is 8.98. The van der Waals surface area contributed by atoms with Gasteiger partial charge in [0.15, 0.2) is 0 Å². The molecule has 1 atom stereocenters. The van der Waals surface area contributed by atoms with Crippen molar-refractivity contribution in [2.45, 2.75) is 12.5 Å². The molecule has 1 unspecified atom stereocenters. The fourth-order valence-electron chi connectivity index (χ4n) is 2.12. The Kier molecular flexibility index (Phi) is 5.13. The fourth-order valence-corrected chi connectivity index (χ4v) is 2.79. The van der Waals surface area contributed by atoms with E-state index in [9.17, 15) is 8.78 Å². The van der Waals surface area contributed by atoms with Crippen molar-refractivity contribution in [3.63, 3.8) is 0 Å². The normalized spacial score (nSPS) is 12.4. The van der Waals surface area contributed by atoms with E-state index >= 15 is 0 Å². The summed E-state index contributed by atoms with van der Waals surface area (Å²) >= 11 is 9.00. The molecule has 0 saturated carbocycles. The van der Waals surface area contributed by atoms with Crippen LogP contribution in [0.5, 0.6) is 0 Å². The highest BCUT2D eigenvalue weighted by atomic mass is 79.9. The Labute approximate surface area is 130 Å². The summed E-state index contributed by atoms with van der Waals surface area (Å²) in [6.45, 7) is 0. The van der Waals surface area contributed by atoms with Gasteiger partial charge in [-0.3, -0.25) is 0 Å². The third kappa shape index (κ3) is 3.78. The molecule has 0 spiro atoms. The first kappa shape index (κ1) is 15.4. The molecule has 0 aliphatic heterocycles. The van der Waals surface area contributed by atoms with E-state index in [0.717, 1.165) is 5.56 Å². The van der Waals surface area contributed by atoms with Crippen LogP contribution in [0.1, 0.15) is 17.2 Å². The van der Waals surface area contributed by atoms with Crippen molar-refractivity contribution in [3.05, 3.63) is 68.7 Å². The van der Waals surface area contributed by atoms with Crippen molar-refractivity contribution in [2.75, 3.05) is 7.05 Å². The molecule has 0 bridgehead atoms. The number of benzene rings is 2. The molecule has 2 aromatic rings. The summed E-state index contributed by atoms with van der Waals surface area (Å²) in [5, 5.41) is 3.40. The van der Waals surface area contributed by atoms with Crippen molar-refractivity contribution in [1.82, 2.24) is 5.32 Å². The zero-order chi connectivity index (χ0) is 14.7. The number of hydrogen-bond donors (Lipinski definition) is 1. The van der Waals surface area contributed by atoms with E-state index in [1.165, 1.54) is 18.2 Å². The van der Waals surface area contributed by atoms with Gasteiger partial charge in [0.2, 0.25) is 0 Å². The molecule has 5 heteroatoms. The van der Waals surface area contributed by atoms with Crippen LogP contribution in [0.3, 0.4) is 0 Å². The maximum atomic E-state index is 13.9. The molecule has 2 rings (SSSR count). The lowest BCUT2D eigenvalue weighted by molar-refractivity contribution is 0.532. The Bertz CT molecular complexity index is 599. The van der Waals surface area contributed by atoms with E-state index in [4.69, 9.17) is 11.6 Å². The van der Waals surface area contributed by atoms with Crippen LogP contribution in [0.4, 0.5) is 8.78 Å². The third-order valence-corrected chi connectivity index (χ3v) is 3.74. The summed E-state index contributed by atoms with van der Waals surface area (Å²) in [6.07, 6.45) is 0.478. The highest BCUT2D eigenvalue weighted by Gasteiger charge is 2.15. The molecule has 0 amide bonds. The predicted octanol–water partition coefficient (Wildman–Crippen LogP) is 4.88. The lowest BCUT2D eigenvalue weighted by atomic mass is 9.98. The van der Waals surface area contributed by atoms with E-state index in [0.29, 0.717) is 21.5 Å². The Morgan fingerprint density at radius 3 is 2.55 bits per heavy atom. The van der Waals surface area contributed by atoms with E-state index in [1.807, 2.05) is 6.07 Å². The zero-order valence-electron chi connectivity index (χ0n) is 10.8. The molecule has 1 N–H and O–H groups in total. The quantitative estimate of drug-likeness (QED) is 0.819. The van der Waals surface area contributed by atoms with Crippen LogP contribution in [0.15, 0.2) is 40.9 Å². The first-order valence-corrected chi connectivity index (χ1v) is 7.24. The highest BCUT2D eigenvalue weighted by molar-refractivity contribution is 9.10. The molecule has 2 aromatic carbocycles. The van der Waals surface area contributed by atoms with Gasteiger partial charge in [0.05, 0.1) is 0 Å². The van der Waals surface area contributed by atoms with Gasteiger partial charge in [-0.2, -0.15) is 0 Å². The van der Waals surface area contributed by atoms with Crippen molar-refractivity contribution in [3.8, 4) is 0 Å². The zero-order valence-corrected chi connectivity index (χ0v) is 13.1. The summed E-state index contributed by atoms with van der Waals surface area (Å²) in [4.78, 5) is 0. The number of hydrogen-bond acceptors (Lipinski definition) is 1. The van der Waals surface area contributed by atoms with Crippen LogP contribution >= 0.6 is 27.5 Å². The van der Waals surface area contributed by atoms with E-state index in [1.54, 1.807) is 19.2 Å². The maximum absolute atomic E-state index is 13.9. The molecule has 0 aliphatic rings. The lowest BCUT2D eigenvalue weighted by Gasteiger charge is -2.18. The molecular weight excluding hydrogens is 348 g/mol. The first-order valence-electron chi connectivity index (χ1n) is 6.07. The van der Waals surface area contributed by atoms with Crippen molar-refractivity contribution in [2.24, 2.45) is 0 Å². The van der Waals surface area contributed by atoms with Crippen LogP contribution in [0.2, 0.25) is 5.02 Å². The molecule has 0 saturated heterocycles. The van der Waals surface area contributed by atoms with Crippen molar-refractivity contribution >= 4 is 27.5 Å². The van der Waals surface area contributed by atoms with Gasteiger partial charge in [-0.25, -0.2) is 8.78 Å². The number of halogens is 4. The summed E-state index contributed by atoms with van der Waals surface area (Å²) in [5.74, 6) is -0.687. The first-order chi connectivity index (χ1) is 9.49. The molecule has 0 aromatic heterocycles. The third-order valence-electron chi connectivity index (χ3n) is 3.05. The van der Waals surface area contributed by atoms with Gasteiger partial charge >= 0.3 is 0 Å². The Morgan fingerprint density at radius 1 is 1.20 bits per heavy atom. The number of rotatable bonds is 4. The SMILES string of the molecule is CNC(Cc1cc(F)cc(Br)c1)c1ccc(Cl)cc1F. The molecule has 0 fully saturated rings. The largest absolute Gasteiger partial charge is 0.313 e. The molecular formula is C15H13BrClF2N. The fraction of sp³-hybridized carbons (Fsp3) is 0.200. The minimum Gasteiger partial charge on any atom is -0.313 e. The topological polar surface area (TPSA) is 12.0 Å². The minimum absolute atomic E-state index is 0.249. The summed E-state index contributed by atoms with van der Waals surface area (Å²) in [5.41, 5.74) is 1.29. The lowest BCUT2D eigenvalue weighted by Crippen LogP contribution is -2.20.